The summed E-state index contributed by atoms with van der Waals surface area (Å²) in [7, 11) is -3.63. The average Bonchev–Trinajstić information content (AvgIpc) is 3.25. The molecule has 0 bridgehead atoms. The second-order valence-electron chi connectivity index (χ2n) is 5.97. The number of nitrogens with one attached hydrogen (secondary N) is 2. The quantitative estimate of drug-likeness (QED) is 0.821. The Hall–Kier alpha value is -2.17. The van der Waals surface area contributed by atoms with Gasteiger partial charge in [-0.3, -0.25) is 4.79 Å². The molecule has 1 saturated heterocycles. The predicted molar refractivity (Wildman–Crippen MR) is 90.9 cm³/mol. The van der Waals surface area contributed by atoms with Crippen molar-refractivity contribution in [1.29, 1.82) is 0 Å². The van der Waals surface area contributed by atoms with Crippen LogP contribution in [-0.4, -0.2) is 59.7 Å². The molecule has 136 valence electrons. The monoisotopic (exact) mass is 367 g/mol. The summed E-state index contributed by atoms with van der Waals surface area (Å²) in [6.07, 6.45) is 2.93. The molecule has 0 saturated carbocycles. The Morgan fingerprint density at radius 3 is 2.76 bits per heavy atom. The molecule has 25 heavy (non-hydrogen) atoms. The zero-order valence-electron chi connectivity index (χ0n) is 14.1. The van der Waals surface area contributed by atoms with Crippen molar-refractivity contribution in [3.8, 4) is 0 Å². The maximum Gasteiger partial charge on any atom is 0.273 e. The number of carbonyl (C=O) groups excluding carboxylic acids is 1. The van der Waals surface area contributed by atoms with Crippen LogP contribution in [0.2, 0.25) is 0 Å². The lowest BCUT2D eigenvalue weighted by Crippen LogP contribution is -2.40. The first-order valence-electron chi connectivity index (χ1n) is 8.01. The molecule has 0 radical (unpaired) electrons. The van der Waals surface area contributed by atoms with Crippen LogP contribution >= 0.6 is 0 Å². The summed E-state index contributed by atoms with van der Waals surface area (Å²) in [5.41, 5.74) is 0.170. The summed E-state index contributed by atoms with van der Waals surface area (Å²) in [4.78, 5) is 15.2. The highest BCUT2D eigenvalue weighted by Crippen LogP contribution is 2.19. The number of nitrogens with zero attached hydrogens (tertiary/aromatic N) is 3. The summed E-state index contributed by atoms with van der Waals surface area (Å²) < 4.78 is 33.4. The van der Waals surface area contributed by atoms with Crippen LogP contribution in [0.4, 0.5) is 5.82 Å². The molecular formula is C15H21N5O4S. The summed E-state index contributed by atoms with van der Waals surface area (Å²) in [6.45, 7) is 5.26. The molecule has 2 N–H and O–H groups in total. The molecule has 1 aliphatic heterocycles. The largest absolute Gasteiger partial charge is 0.379 e. The molecule has 0 unspecified atom stereocenters. The maximum absolute atomic E-state index is 12.6. The van der Waals surface area contributed by atoms with Crippen LogP contribution in [0, 0.1) is 0 Å². The fourth-order valence-corrected chi connectivity index (χ4v) is 4.00. The van der Waals surface area contributed by atoms with Crippen molar-refractivity contribution in [3.63, 3.8) is 0 Å². The highest BCUT2D eigenvalue weighted by molar-refractivity contribution is 7.89. The molecule has 9 nitrogen and oxygen atoms in total. The van der Waals surface area contributed by atoms with Crippen LogP contribution in [0.15, 0.2) is 29.4 Å². The van der Waals surface area contributed by atoms with Gasteiger partial charge in [-0.25, -0.2) is 13.1 Å². The number of rotatable bonds is 5. The molecule has 0 spiro atoms. The second-order valence-corrected chi connectivity index (χ2v) is 7.91. The first-order chi connectivity index (χ1) is 11.9. The molecule has 0 aromatic carbocycles. The standard InChI is InChI=1S/C15H21N5O4S/c1-11(2)20-14(3-4-17-20)18-15(21)13-9-12(10-16-13)25(22,23)19-5-7-24-8-6-19/h3-4,9-11,16H,5-8H2,1-2H3,(H,18,21). The van der Waals surface area contributed by atoms with Crippen molar-refractivity contribution in [3.05, 3.63) is 30.2 Å². The number of anilines is 1. The molecule has 0 aliphatic carbocycles. The summed E-state index contributed by atoms with van der Waals surface area (Å²) in [6, 6.07) is 3.12. The number of sulfonamides is 1. The number of H-pyrrole nitrogens is 1. The zero-order chi connectivity index (χ0) is 18.0. The smallest absolute Gasteiger partial charge is 0.273 e. The summed E-state index contributed by atoms with van der Waals surface area (Å²) >= 11 is 0. The van der Waals surface area contributed by atoms with Gasteiger partial charge < -0.3 is 15.0 Å². The van der Waals surface area contributed by atoms with E-state index in [1.807, 2.05) is 13.8 Å². The normalized spacial score (nSPS) is 16.3. The molecule has 2 aromatic heterocycles. The van der Waals surface area contributed by atoms with Crippen LogP contribution in [0.3, 0.4) is 0 Å². The van der Waals surface area contributed by atoms with Crippen molar-refractivity contribution in [1.82, 2.24) is 19.1 Å². The first kappa shape index (κ1) is 17.6. The Balaban J connectivity index is 1.76. The van der Waals surface area contributed by atoms with Crippen molar-refractivity contribution in [2.45, 2.75) is 24.8 Å². The molecule has 10 heteroatoms. The lowest BCUT2D eigenvalue weighted by Gasteiger charge is -2.25. The van der Waals surface area contributed by atoms with Crippen molar-refractivity contribution in [2.75, 3.05) is 31.6 Å². The number of aromatic nitrogens is 3. The molecule has 3 heterocycles. The number of ether oxygens (including phenoxy) is 1. The van der Waals surface area contributed by atoms with Crippen LogP contribution in [0.1, 0.15) is 30.4 Å². The summed E-state index contributed by atoms with van der Waals surface area (Å²) in [5.74, 6) is 0.123. The minimum Gasteiger partial charge on any atom is -0.379 e. The van der Waals surface area contributed by atoms with E-state index in [4.69, 9.17) is 4.74 Å². The number of hydrogen-bond donors (Lipinski definition) is 2. The van der Waals surface area contributed by atoms with Gasteiger partial charge in [-0.2, -0.15) is 9.40 Å². The molecule has 0 atom stereocenters. The van der Waals surface area contributed by atoms with Gasteiger partial charge in [0.1, 0.15) is 16.4 Å². The fraction of sp³-hybridized carbons (Fsp3) is 0.467. The van der Waals surface area contributed by atoms with E-state index in [9.17, 15) is 13.2 Å². The van der Waals surface area contributed by atoms with Gasteiger partial charge in [0.05, 0.1) is 19.4 Å². The van der Waals surface area contributed by atoms with Crippen LogP contribution in [0.5, 0.6) is 0 Å². The highest BCUT2D eigenvalue weighted by Gasteiger charge is 2.28. The van der Waals surface area contributed by atoms with Gasteiger partial charge in [-0.05, 0) is 19.9 Å². The minimum atomic E-state index is -3.63. The van der Waals surface area contributed by atoms with Crippen molar-refractivity contribution >= 4 is 21.7 Å². The van der Waals surface area contributed by atoms with Crippen LogP contribution < -0.4 is 5.32 Å². The average molecular weight is 367 g/mol. The van der Waals surface area contributed by atoms with E-state index in [0.717, 1.165) is 0 Å². The van der Waals surface area contributed by atoms with Gasteiger partial charge >= 0.3 is 0 Å². The Kier molecular flexibility index (Phi) is 4.93. The van der Waals surface area contributed by atoms with E-state index in [1.165, 1.54) is 16.6 Å². The fourth-order valence-electron chi connectivity index (χ4n) is 2.60. The first-order valence-corrected chi connectivity index (χ1v) is 9.45. The van der Waals surface area contributed by atoms with Crippen molar-refractivity contribution in [2.24, 2.45) is 0 Å². The van der Waals surface area contributed by atoms with Gasteiger partial charge in [0.2, 0.25) is 10.0 Å². The molecule has 3 rings (SSSR count). The number of hydrogen-bond acceptors (Lipinski definition) is 5. The maximum atomic E-state index is 12.6. The van der Waals surface area contributed by atoms with E-state index >= 15 is 0 Å². The Morgan fingerprint density at radius 1 is 1.36 bits per heavy atom. The third kappa shape index (κ3) is 3.60. The Morgan fingerprint density at radius 2 is 2.08 bits per heavy atom. The minimum absolute atomic E-state index is 0.0666. The van der Waals surface area contributed by atoms with E-state index in [0.29, 0.717) is 32.1 Å². The summed E-state index contributed by atoms with van der Waals surface area (Å²) in [5, 5.41) is 6.88. The van der Waals surface area contributed by atoms with Crippen molar-refractivity contribution < 1.29 is 17.9 Å². The second kappa shape index (κ2) is 6.98. The Bertz CT molecular complexity index is 849. The van der Waals surface area contributed by atoms with E-state index in [2.05, 4.69) is 15.4 Å². The van der Waals surface area contributed by atoms with Crippen LogP contribution in [0.25, 0.3) is 0 Å². The van der Waals surface area contributed by atoms with E-state index in [-0.39, 0.29) is 16.6 Å². The highest BCUT2D eigenvalue weighted by atomic mass is 32.2. The third-order valence-corrected chi connectivity index (χ3v) is 5.79. The van der Waals surface area contributed by atoms with Gasteiger partial charge in [0, 0.05) is 31.4 Å². The zero-order valence-corrected chi connectivity index (χ0v) is 14.9. The molecule has 1 fully saturated rings. The molecule has 2 aromatic rings. The number of carbonyl (C=O) groups is 1. The predicted octanol–water partition coefficient (Wildman–Crippen LogP) is 1.07. The number of aromatic amines is 1. The molecular weight excluding hydrogens is 346 g/mol. The van der Waals surface area contributed by atoms with E-state index in [1.54, 1.807) is 16.9 Å². The van der Waals surface area contributed by atoms with E-state index < -0.39 is 15.9 Å². The SMILES string of the molecule is CC(C)n1nccc1NC(=O)c1cc(S(=O)(=O)N2CCOCC2)c[nH]1. The lowest BCUT2D eigenvalue weighted by atomic mass is 10.4. The van der Waals surface area contributed by atoms with Gasteiger partial charge in [0.15, 0.2) is 0 Å². The van der Waals surface area contributed by atoms with Gasteiger partial charge in [0.25, 0.3) is 5.91 Å². The lowest BCUT2D eigenvalue weighted by molar-refractivity contribution is 0.0730. The number of morpholine rings is 1. The molecule has 1 amide bonds. The molecule has 1 aliphatic rings. The Labute approximate surface area is 146 Å². The third-order valence-electron chi connectivity index (χ3n) is 3.91. The van der Waals surface area contributed by atoms with Gasteiger partial charge in [-0.1, -0.05) is 0 Å². The topological polar surface area (TPSA) is 109 Å². The number of amides is 1. The van der Waals surface area contributed by atoms with Crippen LogP contribution in [-0.2, 0) is 14.8 Å². The van der Waals surface area contributed by atoms with Gasteiger partial charge in [-0.15, -0.1) is 0 Å².